The molecule has 0 aliphatic heterocycles. The number of carboxylic acids is 1. The van der Waals surface area contributed by atoms with Gasteiger partial charge in [-0.15, -0.1) is 0 Å². The van der Waals surface area contributed by atoms with Crippen molar-refractivity contribution < 1.29 is 44.8 Å². The van der Waals surface area contributed by atoms with Crippen LogP contribution in [0.15, 0.2) is 17.0 Å². The molecule has 1 N–H and O–H groups in total. The van der Waals surface area contributed by atoms with Crippen LogP contribution in [0.2, 0.25) is 0 Å². The molecule has 0 bridgehead atoms. The van der Waals surface area contributed by atoms with E-state index in [9.17, 15) is 39.7 Å². The summed E-state index contributed by atoms with van der Waals surface area (Å²) in [6, 6.07) is 0.507. The van der Waals surface area contributed by atoms with E-state index < -0.39 is 61.6 Å². The average Bonchev–Trinajstić information content (AvgIpc) is 2.42. The predicted octanol–water partition coefficient (Wildman–Crippen LogP) is 4.50. The zero-order valence-electron chi connectivity index (χ0n) is 13.0. The molecule has 0 heterocycles. The molecule has 0 unspecified atom stereocenters. The van der Waals surface area contributed by atoms with Crippen molar-refractivity contribution in [1.82, 2.24) is 0 Å². The number of carboxylic acid groups (broad SMARTS) is 1. The van der Waals surface area contributed by atoms with Crippen LogP contribution in [0.25, 0.3) is 0 Å². The molecule has 1 aromatic rings. The number of rotatable bonds is 4. The molecule has 0 amide bonds. The van der Waals surface area contributed by atoms with Crippen molar-refractivity contribution in [2.24, 2.45) is 0 Å². The number of aromatic carboxylic acids is 1. The van der Waals surface area contributed by atoms with Gasteiger partial charge in [0.15, 0.2) is 0 Å². The summed E-state index contributed by atoms with van der Waals surface area (Å²) in [5, 5.41) is 8.01. The second kappa shape index (κ2) is 6.58. The summed E-state index contributed by atoms with van der Waals surface area (Å²) >= 11 is 0. The molecule has 1 atom stereocenters. The van der Waals surface area contributed by atoms with Gasteiger partial charge >= 0.3 is 24.0 Å². The molecule has 0 spiro atoms. The summed E-state index contributed by atoms with van der Waals surface area (Å²) in [5.74, 6) is -1.66. The van der Waals surface area contributed by atoms with E-state index in [1.54, 1.807) is 0 Å². The normalized spacial score (nSPS) is 14.7. The molecule has 0 aliphatic carbocycles. The lowest BCUT2D eigenvalue weighted by atomic mass is 9.91. The van der Waals surface area contributed by atoms with Crippen molar-refractivity contribution in [3.8, 4) is 0 Å². The van der Waals surface area contributed by atoms with Crippen LogP contribution in [-0.2, 0) is 16.5 Å². The fraction of sp³-hybridized carbons (Fsp3) is 0.500. The smallest absolute Gasteiger partial charge is 0.435 e. The third kappa shape index (κ3) is 3.51. The Morgan fingerprint density at radius 2 is 1.48 bits per heavy atom. The summed E-state index contributed by atoms with van der Waals surface area (Å²) in [6.07, 6.45) is -12.8. The van der Waals surface area contributed by atoms with Crippen molar-refractivity contribution in [3.05, 3.63) is 28.8 Å². The number of benzene rings is 1. The Hall–Kier alpha value is -1.65. The summed E-state index contributed by atoms with van der Waals surface area (Å²) < 4.78 is 105. The van der Waals surface area contributed by atoms with Gasteiger partial charge in [-0.25, -0.2) is 9.18 Å². The number of carbonyl (C=O) groups is 1. The first-order valence-electron chi connectivity index (χ1n) is 6.67. The maximum Gasteiger partial charge on any atom is 0.435 e. The van der Waals surface area contributed by atoms with Crippen LogP contribution >= 0.6 is 0 Å². The van der Waals surface area contributed by atoms with Crippen molar-refractivity contribution in [2.75, 3.05) is 0 Å². The molecule has 1 aromatic carbocycles. The monoisotopic (exact) mass is 394 g/mol. The third-order valence-electron chi connectivity index (χ3n) is 3.42. The van der Waals surface area contributed by atoms with E-state index in [4.69, 9.17) is 5.11 Å². The highest BCUT2D eigenvalue weighted by Crippen LogP contribution is 2.55. The maximum absolute atomic E-state index is 14.4. The first-order chi connectivity index (χ1) is 11.1. The molecule has 3 nitrogen and oxygen atoms in total. The van der Waals surface area contributed by atoms with Crippen molar-refractivity contribution >= 4 is 16.8 Å². The highest BCUT2D eigenvalue weighted by atomic mass is 32.2. The Labute approximate surface area is 140 Å². The Bertz CT molecular complexity index is 694. The molecule has 142 valence electrons. The first-order valence-corrected chi connectivity index (χ1v) is 7.89. The van der Waals surface area contributed by atoms with Crippen molar-refractivity contribution in [1.29, 1.82) is 0 Å². The standard InChI is InChI=1S/C14H13F7O3S/c1-6(2)25(24)10-7(3)8(11(22)23)4-5-9(10)12(15,13(16,17)18)14(19,20)21/h4-6H,1-3H3,(H,22,23)/t25-/m0/s1. The summed E-state index contributed by atoms with van der Waals surface area (Å²) in [5.41, 5.74) is -8.99. The molecular formula is C14H13F7O3S. The minimum Gasteiger partial charge on any atom is -0.478 e. The van der Waals surface area contributed by atoms with E-state index in [1.165, 1.54) is 13.8 Å². The Balaban J connectivity index is 4.01. The first kappa shape index (κ1) is 21.4. The van der Waals surface area contributed by atoms with Gasteiger partial charge in [0.2, 0.25) is 0 Å². The highest BCUT2D eigenvalue weighted by molar-refractivity contribution is 7.85. The lowest BCUT2D eigenvalue weighted by Gasteiger charge is -2.32. The lowest BCUT2D eigenvalue weighted by molar-refractivity contribution is -0.349. The van der Waals surface area contributed by atoms with Crippen LogP contribution in [0.4, 0.5) is 30.7 Å². The summed E-state index contributed by atoms with van der Waals surface area (Å²) in [7, 11) is -2.50. The van der Waals surface area contributed by atoms with Gasteiger partial charge in [0.25, 0.3) is 0 Å². The topological polar surface area (TPSA) is 54.4 Å². The van der Waals surface area contributed by atoms with Crippen LogP contribution in [0.5, 0.6) is 0 Å². The van der Waals surface area contributed by atoms with E-state index >= 15 is 0 Å². The average molecular weight is 394 g/mol. The highest BCUT2D eigenvalue weighted by Gasteiger charge is 2.74. The molecule has 25 heavy (non-hydrogen) atoms. The van der Waals surface area contributed by atoms with Crippen molar-refractivity contribution in [3.63, 3.8) is 0 Å². The number of halogens is 7. The zero-order chi connectivity index (χ0) is 20.0. The second-order valence-electron chi connectivity index (χ2n) is 5.42. The van der Waals surface area contributed by atoms with E-state index in [2.05, 4.69) is 0 Å². The van der Waals surface area contributed by atoms with Gasteiger partial charge in [-0.1, -0.05) is 19.9 Å². The molecule has 0 fully saturated rings. The van der Waals surface area contributed by atoms with Crippen molar-refractivity contribution in [2.45, 2.75) is 48.9 Å². The molecule has 0 aromatic heterocycles. The lowest BCUT2D eigenvalue weighted by Crippen LogP contribution is -2.51. The molecule has 0 aliphatic rings. The van der Waals surface area contributed by atoms with Gasteiger partial charge < -0.3 is 5.11 Å². The number of alkyl halides is 7. The molecule has 11 heteroatoms. The van der Waals surface area contributed by atoms with Crippen LogP contribution in [-0.4, -0.2) is 32.9 Å². The molecule has 1 rings (SSSR count). The third-order valence-corrected chi connectivity index (χ3v) is 5.20. The number of hydrogen-bond acceptors (Lipinski definition) is 2. The molecule has 0 saturated carbocycles. The van der Waals surface area contributed by atoms with E-state index in [1.807, 2.05) is 0 Å². The van der Waals surface area contributed by atoms with Gasteiger partial charge in [0, 0.05) is 15.7 Å². The van der Waals surface area contributed by atoms with Crippen LogP contribution < -0.4 is 0 Å². The second-order valence-corrected chi connectivity index (χ2v) is 7.37. The summed E-state index contributed by atoms with van der Waals surface area (Å²) in [4.78, 5) is 9.97. The van der Waals surface area contributed by atoms with Gasteiger partial charge in [0.1, 0.15) is 0 Å². The van der Waals surface area contributed by atoms with Gasteiger partial charge in [-0.3, -0.25) is 4.21 Å². The van der Waals surface area contributed by atoms with Gasteiger partial charge in [-0.05, 0) is 18.6 Å². The summed E-state index contributed by atoms with van der Waals surface area (Å²) in [6.45, 7) is 3.34. The Morgan fingerprint density at radius 1 is 1.04 bits per heavy atom. The Kier molecular flexibility index (Phi) is 5.63. The minimum atomic E-state index is -6.39. The minimum absolute atomic E-state index is 0.0764. The van der Waals surface area contributed by atoms with E-state index in [-0.39, 0.29) is 6.07 Å². The largest absolute Gasteiger partial charge is 0.478 e. The van der Waals surface area contributed by atoms with Crippen LogP contribution in [0, 0.1) is 6.92 Å². The van der Waals surface area contributed by atoms with Gasteiger partial charge in [-0.2, -0.15) is 26.3 Å². The fourth-order valence-corrected chi connectivity index (χ4v) is 3.46. The predicted molar refractivity (Wildman–Crippen MR) is 74.6 cm³/mol. The van der Waals surface area contributed by atoms with Gasteiger partial charge in [0.05, 0.1) is 16.4 Å². The van der Waals surface area contributed by atoms with Crippen LogP contribution in [0.1, 0.15) is 35.3 Å². The fourth-order valence-electron chi connectivity index (χ4n) is 2.16. The quantitative estimate of drug-likeness (QED) is 0.766. The number of hydrogen-bond donors (Lipinski definition) is 1. The molecular weight excluding hydrogens is 381 g/mol. The zero-order valence-corrected chi connectivity index (χ0v) is 13.9. The van der Waals surface area contributed by atoms with E-state index in [0.29, 0.717) is 6.07 Å². The molecule has 0 saturated heterocycles. The maximum atomic E-state index is 14.4. The van der Waals surface area contributed by atoms with Crippen LogP contribution in [0.3, 0.4) is 0 Å². The molecule has 0 radical (unpaired) electrons. The van der Waals surface area contributed by atoms with E-state index in [0.717, 1.165) is 6.92 Å². The Morgan fingerprint density at radius 3 is 1.80 bits per heavy atom. The SMILES string of the molecule is Cc1c(C(=O)O)ccc(C(F)(C(F)(F)F)C(F)(F)F)c1[S@@](=O)C(C)C.